The third-order valence-corrected chi connectivity index (χ3v) is 4.67. The number of aromatic nitrogens is 1. The maximum absolute atomic E-state index is 12.6. The highest BCUT2D eigenvalue weighted by Gasteiger charge is 2.29. The van der Waals surface area contributed by atoms with E-state index in [9.17, 15) is 4.79 Å². The second kappa shape index (κ2) is 8.81. The SMILES string of the molecule is C#Cc1cnc2c(C)cc(OC(SC)C(=O)NC(C)(C#C)COC)cc2c1. The van der Waals surface area contributed by atoms with E-state index in [0.717, 1.165) is 16.5 Å². The van der Waals surface area contributed by atoms with Crippen LogP contribution in [0.4, 0.5) is 0 Å². The number of benzene rings is 1. The fourth-order valence-corrected chi connectivity index (χ4v) is 3.09. The van der Waals surface area contributed by atoms with Gasteiger partial charge in [-0.25, -0.2) is 0 Å². The van der Waals surface area contributed by atoms with Crippen molar-refractivity contribution in [1.29, 1.82) is 0 Å². The summed E-state index contributed by atoms with van der Waals surface area (Å²) in [5, 5.41) is 3.66. The average molecular weight is 382 g/mol. The molecule has 1 heterocycles. The molecule has 0 aliphatic heterocycles. The Kier molecular flexibility index (Phi) is 6.74. The minimum absolute atomic E-state index is 0.200. The number of fused-ring (bicyclic) bond motifs is 1. The summed E-state index contributed by atoms with van der Waals surface area (Å²) in [6.07, 6.45) is 14.4. The van der Waals surface area contributed by atoms with Crippen LogP contribution in [0, 0.1) is 31.6 Å². The lowest BCUT2D eigenvalue weighted by Crippen LogP contribution is -2.52. The number of pyridine rings is 1. The Morgan fingerprint density at radius 2 is 2.15 bits per heavy atom. The lowest BCUT2D eigenvalue weighted by molar-refractivity contribution is -0.126. The predicted octanol–water partition coefficient (Wildman–Crippen LogP) is 2.75. The molecular formula is C21H22N2O3S. The second-order valence-electron chi connectivity index (χ2n) is 6.26. The molecule has 0 bridgehead atoms. The number of hydrogen-bond acceptors (Lipinski definition) is 5. The number of rotatable bonds is 7. The predicted molar refractivity (Wildman–Crippen MR) is 110 cm³/mol. The highest BCUT2D eigenvalue weighted by Crippen LogP contribution is 2.26. The molecule has 0 spiro atoms. The van der Waals surface area contributed by atoms with Crippen LogP contribution in [-0.2, 0) is 9.53 Å². The number of methoxy groups -OCH3 is 1. The van der Waals surface area contributed by atoms with Crippen LogP contribution < -0.4 is 10.1 Å². The molecule has 1 amide bonds. The van der Waals surface area contributed by atoms with Crippen molar-refractivity contribution < 1.29 is 14.3 Å². The number of aryl methyl sites for hydroxylation is 1. The Morgan fingerprint density at radius 3 is 2.74 bits per heavy atom. The molecule has 0 aliphatic rings. The standard InChI is InChI=1S/C21H22N2O3S/c1-7-15-10-16-11-17(9-14(3)18(16)22-12-15)26-20(27-6)19(24)23-21(4,8-2)13-25-5/h1-2,9-12,20H,13H2,3-6H3,(H,23,24). The number of carbonyl (C=O) groups excluding carboxylic acids is 1. The fraction of sp³-hybridized carbons (Fsp3) is 0.333. The second-order valence-corrected chi connectivity index (χ2v) is 7.16. The first-order valence-electron chi connectivity index (χ1n) is 8.21. The molecule has 1 N–H and O–H groups in total. The normalized spacial score (nSPS) is 13.9. The van der Waals surface area contributed by atoms with Crippen LogP contribution in [0.3, 0.4) is 0 Å². The molecule has 0 saturated heterocycles. The van der Waals surface area contributed by atoms with Crippen LogP contribution >= 0.6 is 11.8 Å². The fourth-order valence-electron chi connectivity index (χ4n) is 2.61. The third kappa shape index (κ3) is 4.95. The van der Waals surface area contributed by atoms with Crippen molar-refractivity contribution in [3.8, 4) is 30.4 Å². The lowest BCUT2D eigenvalue weighted by atomic mass is 10.1. The summed E-state index contributed by atoms with van der Waals surface area (Å²) in [6, 6.07) is 5.53. The molecule has 1 aromatic carbocycles. The van der Waals surface area contributed by atoms with Crippen molar-refractivity contribution >= 4 is 28.6 Å². The van der Waals surface area contributed by atoms with Gasteiger partial charge in [-0.05, 0) is 43.9 Å². The van der Waals surface area contributed by atoms with Crippen molar-refractivity contribution in [2.45, 2.75) is 24.8 Å². The third-order valence-electron chi connectivity index (χ3n) is 3.94. The quantitative estimate of drug-likeness (QED) is 0.589. The van der Waals surface area contributed by atoms with Crippen molar-refractivity contribution in [2.24, 2.45) is 0 Å². The monoisotopic (exact) mass is 382 g/mol. The van der Waals surface area contributed by atoms with Crippen LogP contribution in [0.5, 0.6) is 5.75 Å². The largest absolute Gasteiger partial charge is 0.470 e. The van der Waals surface area contributed by atoms with Gasteiger partial charge in [0.25, 0.3) is 5.91 Å². The first kappa shape index (κ1) is 20.6. The maximum atomic E-state index is 12.6. The number of amides is 1. The van der Waals surface area contributed by atoms with Crippen molar-refractivity contribution in [3.63, 3.8) is 0 Å². The van der Waals surface area contributed by atoms with Crippen LogP contribution in [0.15, 0.2) is 24.4 Å². The van der Waals surface area contributed by atoms with E-state index in [1.807, 2.05) is 25.1 Å². The summed E-state index contributed by atoms with van der Waals surface area (Å²) in [6.45, 7) is 3.85. The molecule has 0 fully saturated rings. The minimum atomic E-state index is -0.909. The van der Waals surface area contributed by atoms with Gasteiger partial charge in [0.2, 0.25) is 5.44 Å². The van der Waals surface area contributed by atoms with E-state index in [4.69, 9.17) is 22.3 Å². The molecule has 6 heteroatoms. The van der Waals surface area contributed by atoms with Gasteiger partial charge in [-0.1, -0.05) is 11.8 Å². The first-order chi connectivity index (χ1) is 12.9. The van der Waals surface area contributed by atoms with E-state index in [-0.39, 0.29) is 12.5 Å². The highest BCUT2D eigenvalue weighted by atomic mass is 32.2. The maximum Gasteiger partial charge on any atom is 0.272 e. The smallest absolute Gasteiger partial charge is 0.272 e. The van der Waals surface area contributed by atoms with Gasteiger partial charge in [-0.3, -0.25) is 9.78 Å². The number of terminal acetylenes is 2. The zero-order valence-electron chi connectivity index (χ0n) is 15.8. The molecule has 2 aromatic rings. The van der Waals surface area contributed by atoms with E-state index >= 15 is 0 Å². The van der Waals surface area contributed by atoms with Gasteiger partial charge >= 0.3 is 0 Å². The van der Waals surface area contributed by atoms with Crippen LogP contribution in [0.1, 0.15) is 18.1 Å². The number of nitrogens with zero attached hydrogens (tertiary/aromatic N) is 1. The Bertz CT molecular complexity index is 929. The molecule has 2 rings (SSSR count). The Hall–Kier alpha value is -2.67. The summed E-state index contributed by atoms with van der Waals surface area (Å²) in [5.74, 6) is 5.35. The lowest BCUT2D eigenvalue weighted by Gasteiger charge is -2.26. The first-order valence-corrected chi connectivity index (χ1v) is 9.49. The zero-order chi connectivity index (χ0) is 20.0. The van der Waals surface area contributed by atoms with Crippen LogP contribution in [-0.4, -0.2) is 41.8 Å². The van der Waals surface area contributed by atoms with Gasteiger partial charge in [0, 0.05) is 24.3 Å². The molecule has 0 aliphatic carbocycles. The number of nitrogens with one attached hydrogen (secondary N) is 1. The van der Waals surface area contributed by atoms with Gasteiger partial charge in [0.05, 0.1) is 12.1 Å². The van der Waals surface area contributed by atoms with Gasteiger partial charge < -0.3 is 14.8 Å². The van der Waals surface area contributed by atoms with Gasteiger partial charge in [-0.2, -0.15) is 0 Å². The summed E-state index contributed by atoms with van der Waals surface area (Å²) in [4.78, 5) is 17.0. The molecule has 0 saturated carbocycles. The zero-order valence-corrected chi connectivity index (χ0v) is 16.6. The van der Waals surface area contributed by atoms with Crippen molar-refractivity contribution in [1.82, 2.24) is 10.3 Å². The molecular weight excluding hydrogens is 360 g/mol. The van der Waals surface area contributed by atoms with Gasteiger partial charge in [0.15, 0.2) is 0 Å². The Balaban J connectivity index is 2.26. The molecule has 5 nitrogen and oxygen atoms in total. The summed E-state index contributed by atoms with van der Waals surface area (Å²) >= 11 is 1.27. The Morgan fingerprint density at radius 1 is 1.41 bits per heavy atom. The van der Waals surface area contributed by atoms with Crippen LogP contribution in [0.2, 0.25) is 0 Å². The summed E-state index contributed by atoms with van der Waals surface area (Å²) < 4.78 is 11.0. The van der Waals surface area contributed by atoms with Gasteiger partial charge in [-0.15, -0.1) is 24.6 Å². The van der Waals surface area contributed by atoms with E-state index in [2.05, 4.69) is 22.1 Å². The average Bonchev–Trinajstić information content (AvgIpc) is 2.65. The topological polar surface area (TPSA) is 60.5 Å². The molecule has 0 radical (unpaired) electrons. The number of hydrogen-bond donors (Lipinski definition) is 1. The molecule has 1 aromatic heterocycles. The van der Waals surface area contributed by atoms with Crippen LogP contribution in [0.25, 0.3) is 10.9 Å². The van der Waals surface area contributed by atoms with E-state index in [1.54, 1.807) is 19.4 Å². The van der Waals surface area contributed by atoms with Crippen molar-refractivity contribution in [3.05, 3.63) is 35.5 Å². The van der Waals surface area contributed by atoms with Gasteiger partial charge in [0.1, 0.15) is 11.3 Å². The number of ether oxygens (including phenoxy) is 2. The molecule has 140 valence electrons. The van der Waals surface area contributed by atoms with E-state index in [1.165, 1.54) is 18.9 Å². The molecule has 2 unspecified atom stereocenters. The number of thioether (sulfide) groups is 1. The van der Waals surface area contributed by atoms with E-state index in [0.29, 0.717) is 11.3 Å². The highest BCUT2D eigenvalue weighted by molar-refractivity contribution is 7.99. The summed E-state index contributed by atoms with van der Waals surface area (Å²) in [5.41, 5.74) is 0.775. The van der Waals surface area contributed by atoms with E-state index < -0.39 is 11.0 Å². The summed E-state index contributed by atoms with van der Waals surface area (Å²) in [7, 11) is 1.53. The van der Waals surface area contributed by atoms with Crippen molar-refractivity contribution in [2.75, 3.05) is 20.0 Å². The number of carbonyl (C=O) groups is 1. The minimum Gasteiger partial charge on any atom is -0.470 e. The molecule has 2 atom stereocenters. The Labute approximate surface area is 164 Å². The molecule has 27 heavy (non-hydrogen) atoms.